The molecule has 5 nitrogen and oxygen atoms in total. The topological polar surface area (TPSA) is 83.2 Å². The molecule has 3 unspecified atom stereocenters. The van der Waals surface area contributed by atoms with Crippen LogP contribution in [0.25, 0.3) is 0 Å². The lowest BCUT2D eigenvalue weighted by atomic mass is 9.86. The van der Waals surface area contributed by atoms with Crippen molar-refractivity contribution in [2.45, 2.75) is 39.5 Å². The molecule has 0 spiro atoms. The normalized spacial score (nSPS) is 27.4. The van der Waals surface area contributed by atoms with Gasteiger partial charge in [0.15, 0.2) is 0 Å². The molecule has 1 aliphatic heterocycles. The molecular formula is C14H26N4O. The standard InChI is InChI=1S/C12H20N4O.C2H6/c1-8-6-14-7-12(8,13)11-5-10(3-4-15-11)16-9(2)17;1-2/h3-5,8-9,14,17H,6-7,13H2,1-2H3,(H,15,16);1-2H3. The van der Waals surface area contributed by atoms with Crippen LogP contribution < -0.4 is 16.4 Å². The Morgan fingerprint density at radius 2 is 2.26 bits per heavy atom. The van der Waals surface area contributed by atoms with Gasteiger partial charge in [0.2, 0.25) is 0 Å². The van der Waals surface area contributed by atoms with Crippen LogP contribution in [0.4, 0.5) is 5.69 Å². The lowest BCUT2D eigenvalue weighted by Gasteiger charge is -2.27. The number of pyridine rings is 1. The minimum atomic E-state index is -0.585. The van der Waals surface area contributed by atoms with E-state index in [1.54, 1.807) is 13.1 Å². The zero-order valence-electron chi connectivity index (χ0n) is 12.3. The van der Waals surface area contributed by atoms with Crippen molar-refractivity contribution >= 4 is 5.69 Å². The number of nitrogens with zero attached hydrogens (tertiary/aromatic N) is 1. The number of hydrogen-bond donors (Lipinski definition) is 4. The zero-order chi connectivity index (χ0) is 14.5. The minimum Gasteiger partial charge on any atom is -0.374 e. The van der Waals surface area contributed by atoms with E-state index in [1.807, 2.05) is 26.0 Å². The van der Waals surface area contributed by atoms with Crippen molar-refractivity contribution in [3.8, 4) is 0 Å². The van der Waals surface area contributed by atoms with Gasteiger partial charge < -0.3 is 21.5 Å². The maximum absolute atomic E-state index is 9.30. The predicted molar refractivity (Wildman–Crippen MR) is 78.8 cm³/mol. The monoisotopic (exact) mass is 266 g/mol. The van der Waals surface area contributed by atoms with E-state index in [2.05, 4.69) is 22.5 Å². The Balaban J connectivity index is 0.000000861. The molecule has 0 aromatic carbocycles. The second-order valence-corrected chi connectivity index (χ2v) is 4.82. The quantitative estimate of drug-likeness (QED) is 0.619. The van der Waals surface area contributed by atoms with Gasteiger partial charge in [-0.25, -0.2) is 0 Å². The summed E-state index contributed by atoms with van der Waals surface area (Å²) in [6.07, 6.45) is 1.14. The molecule has 1 saturated heterocycles. The number of hydrogen-bond acceptors (Lipinski definition) is 5. The van der Waals surface area contributed by atoms with E-state index in [-0.39, 0.29) is 0 Å². The minimum absolute atomic E-state index is 0.344. The Hall–Kier alpha value is -1.17. The van der Waals surface area contributed by atoms with Crippen molar-refractivity contribution in [3.05, 3.63) is 24.0 Å². The fourth-order valence-electron chi connectivity index (χ4n) is 2.21. The number of rotatable bonds is 3. The first kappa shape index (κ1) is 15.9. The molecule has 2 rings (SSSR count). The van der Waals surface area contributed by atoms with E-state index in [0.29, 0.717) is 5.92 Å². The summed E-state index contributed by atoms with van der Waals surface area (Å²) in [6, 6.07) is 3.74. The fourth-order valence-corrected chi connectivity index (χ4v) is 2.21. The fraction of sp³-hybridized carbons (Fsp3) is 0.643. The summed E-state index contributed by atoms with van der Waals surface area (Å²) in [6.45, 7) is 9.44. The molecule has 1 aromatic rings. The smallest absolute Gasteiger partial charge is 0.121 e. The molecule has 0 bridgehead atoms. The highest BCUT2D eigenvalue weighted by molar-refractivity contribution is 5.45. The molecule has 0 radical (unpaired) electrons. The van der Waals surface area contributed by atoms with Crippen LogP contribution in [0.2, 0.25) is 0 Å². The third-order valence-corrected chi connectivity index (χ3v) is 3.36. The second-order valence-electron chi connectivity index (χ2n) is 4.82. The summed E-state index contributed by atoms with van der Waals surface area (Å²) in [5, 5.41) is 15.5. The molecular weight excluding hydrogens is 240 g/mol. The van der Waals surface area contributed by atoms with Crippen LogP contribution in [-0.2, 0) is 5.54 Å². The van der Waals surface area contributed by atoms with Gasteiger partial charge in [0.1, 0.15) is 6.23 Å². The molecule has 1 aliphatic rings. The number of anilines is 1. The Morgan fingerprint density at radius 3 is 2.79 bits per heavy atom. The van der Waals surface area contributed by atoms with Crippen LogP contribution in [0.5, 0.6) is 0 Å². The molecule has 108 valence electrons. The van der Waals surface area contributed by atoms with E-state index in [0.717, 1.165) is 24.5 Å². The predicted octanol–water partition coefficient (Wildman–Crippen LogP) is 1.25. The largest absolute Gasteiger partial charge is 0.374 e. The molecule has 5 N–H and O–H groups in total. The SMILES string of the molecule is CC.CC(O)Nc1ccnc(C2(N)CNCC2C)c1. The van der Waals surface area contributed by atoms with Crippen molar-refractivity contribution in [1.82, 2.24) is 10.3 Å². The van der Waals surface area contributed by atoms with E-state index >= 15 is 0 Å². The van der Waals surface area contributed by atoms with Gasteiger partial charge in [0.25, 0.3) is 0 Å². The van der Waals surface area contributed by atoms with E-state index in [9.17, 15) is 5.11 Å². The van der Waals surface area contributed by atoms with Gasteiger partial charge in [-0.1, -0.05) is 20.8 Å². The summed E-state index contributed by atoms with van der Waals surface area (Å²) in [7, 11) is 0. The molecule has 1 aromatic heterocycles. The highest BCUT2D eigenvalue weighted by Gasteiger charge is 2.39. The molecule has 0 amide bonds. The summed E-state index contributed by atoms with van der Waals surface area (Å²) in [4.78, 5) is 4.36. The molecule has 2 heterocycles. The van der Waals surface area contributed by atoms with Crippen LogP contribution >= 0.6 is 0 Å². The molecule has 3 atom stereocenters. The van der Waals surface area contributed by atoms with Gasteiger partial charge in [-0.15, -0.1) is 0 Å². The third-order valence-electron chi connectivity index (χ3n) is 3.36. The van der Waals surface area contributed by atoms with Gasteiger partial charge in [0, 0.05) is 18.4 Å². The van der Waals surface area contributed by atoms with Crippen molar-refractivity contribution in [3.63, 3.8) is 0 Å². The highest BCUT2D eigenvalue weighted by atomic mass is 16.3. The van der Waals surface area contributed by atoms with Crippen LogP contribution in [-0.4, -0.2) is 29.4 Å². The third kappa shape index (κ3) is 3.65. The number of aliphatic hydroxyl groups is 1. The number of nitrogens with two attached hydrogens (primary N) is 1. The van der Waals surface area contributed by atoms with E-state index in [1.165, 1.54) is 0 Å². The van der Waals surface area contributed by atoms with Crippen LogP contribution in [0.1, 0.15) is 33.4 Å². The van der Waals surface area contributed by atoms with Crippen molar-refractivity contribution < 1.29 is 5.11 Å². The Morgan fingerprint density at radius 1 is 1.58 bits per heavy atom. The van der Waals surface area contributed by atoms with Gasteiger partial charge in [-0.05, 0) is 31.5 Å². The van der Waals surface area contributed by atoms with E-state index in [4.69, 9.17) is 5.73 Å². The average molecular weight is 266 g/mol. The maximum Gasteiger partial charge on any atom is 0.121 e. The van der Waals surface area contributed by atoms with Gasteiger partial charge in [-0.2, -0.15) is 0 Å². The summed E-state index contributed by atoms with van der Waals surface area (Å²) >= 11 is 0. The van der Waals surface area contributed by atoms with Crippen LogP contribution in [0.15, 0.2) is 18.3 Å². The summed E-state index contributed by atoms with van der Waals surface area (Å²) < 4.78 is 0. The number of aromatic nitrogens is 1. The Kier molecular flexibility index (Phi) is 5.72. The summed E-state index contributed by atoms with van der Waals surface area (Å²) in [5.74, 6) is 0.344. The van der Waals surface area contributed by atoms with Crippen molar-refractivity contribution in [2.75, 3.05) is 18.4 Å². The first-order chi connectivity index (χ1) is 9.02. The molecule has 0 aliphatic carbocycles. The van der Waals surface area contributed by atoms with Crippen LogP contribution in [0.3, 0.4) is 0 Å². The number of nitrogens with one attached hydrogen (secondary N) is 2. The highest BCUT2D eigenvalue weighted by Crippen LogP contribution is 2.29. The Labute approximate surface area is 115 Å². The van der Waals surface area contributed by atoms with Gasteiger partial charge >= 0.3 is 0 Å². The first-order valence-electron chi connectivity index (χ1n) is 6.93. The lowest BCUT2D eigenvalue weighted by Crippen LogP contribution is -2.44. The van der Waals surface area contributed by atoms with Crippen LogP contribution in [0, 0.1) is 5.92 Å². The summed E-state index contributed by atoms with van der Waals surface area (Å²) in [5.41, 5.74) is 7.69. The number of aliphatic hydroxyl groups excluding tert-OH is 1. The average Bonchev–Trinajstić information content (AvgIpc) is 2.73. The van der Waals surface area contributed by atoms with Gasteiger partial charge in [0.05, 0.1) is 11.2 Å². The maximum atomic E-state index is 9.30. The molecule has 19 heavy (non-hydrogen) atoms. The van der Waals surface area contributed by atoms with Crippen molar-refractivity contribution in [1.29, 1.82) is 0 Å². The van der Waals surface area contributed by atoms with Gasteiger partial charge in [-0.3, -0.25) is 4.98 Å². The second kappa shape index (κ2) is 6.84. The van der Waals surface area contributed by atoms with Crippen molar-refractivity contribution in [2.24, 2.45) is 11.7 Å². The van der Waals surface area contributed by atoms with E-state index < -0.39 is 11.8 Å². The molecule has 5 heteroatoms. The molecule has 0 saturated carbocycles. The first-order valence-corrected chi connectivity index (χ1v) is 6.93. The Bertz CT molecular complexity index is 397. The zero-order valence-corrected chi connectivity index (χ0v) is 12.3. The lowest BCUT2D eigenvalue weighted by molar-refractivity contribution is 0.224. The molecule has 1 fully saturated rings.